The first kappa shape index (κ1) is 9.74. The topological polar surface area (TPSA) is 28.4 Å². The van der Waals surface area contributed by atoms with Gasteiger partial charge >= 0.3 is 0 Å². The smallest absolute Gasteiger partial charge is 0.120 e. The number of nitrogens with zero attached hydrogens (tertiary/aromatic N) is 1. The van der Waals surface area contributed by atoms with Gasteiger partial charge in [-0.25, -0.2) is 0 Å². The molecule has 2 rings (SSSR count). The van der Waals surface area contributed by atoms with Crippen molar-refractivity contribution in [1.82, 2.24) is 10.2 Å². The SMILES string of the molecule is C[C@H](NC1CCN(C)C1)c1ccco1. The fourth-order valence-corrected chi connectivity index (χ4v) is 2.04. The van der Waals surface area contributed by atoms with E-state index in [0.29, 0.717) is 12.1 Å². The summed E-state index contributed by atoms with van der Waals surface area (Å²) in [5.41, 5.74) is 0. The Labute approximate surface area is 85.1 Å². The van der Waals surface area contributed by atoms with Crippen LogP contribution in [-0.4, -0.2) is 31.1 Å². The van der Waals surface area contributed by atoms with E-state index in [9.17, 15) is 0 Å². The fraction of sp³-hybridized carbons (Fsp3) is 0.636. The van der Waals surface area contributed by atoms with E-state index in [1.54, 1.807) is 6.26 Å². The van der Waals surface area contributed by atoms with Crippen LogP contribution in [0, 0.1) is 0 Å². The lowest BCUT2D eigenvalue weighted by molar-refractivity contribution is 0.365. The molecule has 1 saturated heterocycles. The van der Waals surface area contributed by atoms with E-state index in [1.165, 1.54) is 13.0 Å². The number of nitrogens with one attached hydrogen (secondary N) is 1. The van der Waals surface area contributed by atoms with E-state index < -0.39 is 0 Å². The summed E-state index contributed by atoms with van der Waals surface area (Å²) in [5, 5.41) is 3.58. The first-order chi connectivity index (χ1) is 6.75. The Morgan fingerprint density at radius 3 is 3.07 bits per heavy atom. The maximum atomic E-state index is 5.36. The van der Waals surface area contributed by atoms with Gasteiger partial charge in [0.2, 0.25) is 0 Å². The van der Waals surface area contributed by atoms with Gasteiger partial charge in [0.05, 0.1) is 12.3 Å². The molecular formula is C11H18N2O. The lowest BCUT2D eigenvalue weighted by Crippen LogP contribution is -2.33. The lowest BCUT2D eigenvalue weighted by atomic mass is 10.2. The van der Waals surface area contributed by atoms with Gasteiger partial charge in [-0.2, -0.15) is 0 Å². The Morgan fingerprint density at radius 1 is 1.64 bits per heavy atom. The van der Waals surface area contributed by atoms with Crippen molar-refractivity contribution in [3.8, 4) is 0 Å². The summed E-state index contributed by atoms with van der Waals surface area (Å²) in [6.07, 6.45) is 2.97. The maximum Gasteiger partial charge on any atom is 0.120 e. The Bertz CT molecular complexity index is 271. The van der Waals surface area contributed by atoms with Crippen molar-refractivity contribution in [2.24, 2.45) is 0 Å². The first-order valence-electron chi connectivity index (χ1n) is 5.23. The first-order valence-corrected chi connectivity index (χ1v) is 5.23. The van der Waals surface area contributed by atoms with E-state index in [-0.39, 0.29) is 0 Å². The van der Waals surface area contributed by atoms with Crippen molar-refractivity contribution >= 4 is 0 Å². The maximum absolute atomic E-state index is 5.36. The molecule has 1 aromatic heterocycles. The molecule has 0 amide bonds. The summed E-state index contributed by atoms with van der Waals surface area (Å²) in [5.74, 6) is 1.03. The second-order valence-electron chi connectivity index (χ2n) is 4.15. The average molecular weight is 194 g/mol. The van der Waals surface area contributed by atoms with Crippen molar-refractivity contribution in [3.63, 3.8) is 0 Å². The highest BCUT2D eigenvalue weighted by Crippen LogP contribution is 2.16. The van der Waals surface area contributed by atoms with Crippen molar-refractivity contribution in [2.45, 2.75) is 25.4 Å². The summed E-state index contributed by atoms with van der Waals surface area (Å²) in [6.45, 7) is 4.49. The van der Waals surface area contributed by atoms with E-state index >= 15 is 0 Å². The zero-order valence-electron chi connectivity index (χ0n) is 8.86. The molecule has 2 atom stereocenters. The number of likely N-dealkylation sites (N-methyl/N-ethyl adjacent to an activating group) is 1. The predicted molar refractivity (Wildman–Crippen MR) is 56.2 cm³/mol. The van der Waals surface area contributed by atoms with Crippen LogP contribution in [0.5, 0.6) is 0 Å². The Hall–Kier alpha value is -0.800. The predicted octanol–water partition coefficient (Wildman–Crippen LogP) is 1.63. The normalized spacial score (nSPS) is 25.4. The molecule has 1 fully saturated rings. The van der Waals surface area contributed by atoms with E-state index in [2.05, 4.69) is 24.2 Å². The highest BCUT2D eigenvalue weighted by Gasteiger charge is 2.21. The van der Waals surface area contributed by atoms with Gasteiger partial charge in [-0.3, -0.25) is 0 Å². The van der Waals surface area contributed by atoms with Gasteiger partial charge in [0.15, 0.2) is 0 Å². The molecule has 1 aliphatic rings. The van der Waals surface area contributed by atoms with Gasteiger partial charge in [-0.05, 0) is 39.1 Å². The largest absolute Gasteiger partial charge is 0.468 e. The summed E-state index contributed by atoms with van der Waals surface area (Å²) in [4.78, 5) is 2.35. The summed E-state index contributed by atoms with van der Waals surface area (Å²) < 4.78 is 5.36. The zero-order chi connectivity index (χ0) is 9.97. The molecule has 1 unspecified atom stereocenters. The molecule has 0 spiro atoms. The van der Waals surface area contributed by atoms with Crippen molar-refractivity contribution in [2.75, 3.05) is 20.1 Å². The molecule has 78 valence electrons. The number of rotatable bonds is 3. The molecule has 3 nitrogen and oxygen atoms in total. The molecule has 0 aliphatic carbocycles. The molecular weight excluding hydrogens is 176 g/mol. The third kappa shape index (κ3) is 2.16. The molecule has 1 aliphatic heterocycles. The Balaban J connectivity index is 1.86. The van der Waals surface area contributed by atoms with Crippen LogP contribution >= 0.6 is 0 Å². The van der Waals surface area contributed by atoms with E-state index in [4.69, 9.17) is 4.42 Å². The standard InChI is InChI=1S/C11H18N2O/c1-9(11-4-3-7-14-11)12-10-5-6-13(2)8-10/h3-4,7,9-10,12H,5-6,8H2,1-2H3/t9-,10?/m0/s1. The molecule has 0 radical (unpaired) electrons. The van der Waals surface area contributed by atoms with Crippen molar-refractivity contribution in [3.05, 3.63) is 24.2 Å². The number of hydrogen-bond donors (Lipinski definition) is 1. The average Bonchev–Trinajstić information content (AvgIpc) is 2.75. The van der Waals surface area contributed by atoms with Crippen molar-refractivity contribution < 1.29 is 4.42 Å². The van der Waals surface area contributed by atoms with Gasteiger partial charge < -0.3 is 14.6 Å². The third-order valence-corrected chi connectivity index (χ3v) is 2.85. The fourth-order valence-electron chi connectivity index (χ4n) is 2.04. The second kappa shape index (κ2) is 4.15. The molecule has 14 heavy (non-hydrogen) atoms. The van der Waals surface area contributed by atoms with Crippen molar-refractivity contribution in [1.29, 1.82) is 0 Å². The minimum absolute atomic E-state index is 0.321. The van der Waals surface area contributed by atoms with Gasteiger partial charge in [0, 0.05) is 12.6 Å². The Kier molecular flexibility index (Phi) is 2.89. The van der Waals surface area contributed by atoms with E-state index in [1.807, 2.05) is 12.1 Å². The van der Waals surface area contributed by atoms with Gasteiger partial charge in [0.1, 0.15) is 5.76 Å². The van der Waals surface area contributed by atoms with Crippen LogP contribution in [0.3, 0.4) is 0 Å². The van der Waals surface area contributed by atoms with Crippen LogP contribution in [0.2, 0.25) is 0 Å². The quantitative estimate of drug-likeness (QED) is 0.793. The monoisotopic (exact) mass is 194 g/mol. The molecule has 0 aromatic carbocycles. The summed E-state index contributed by atoms with van der Waals surface area (Å²) in [7, 11) is 2.17. The number of furan rings is 1. The highest BCUT2D eigenvalue weighted by molar-refractivity contribution is 5.03. The van der Waals surface area contributed by atoms with Crippen LogP contribution < -0.4 is 5.32 Å². The van der Waals surface area contributed by atoms with Crippen LogP contribution in [0.15, 0.2) is 22.8 Å². The van der Waals surface area contributed by atoms with Crippen LogP contribution in [-0.2, 0) is 0 Å². The second-order valence-corrected chi connectivity index (χ2v) is 4.15. The van der Waals surface area contributed by atoms with Gasteiger partial charge in [-0.15, -0.1) is 0 Å². The number of hydrogen-bond acceptors (Lipinski definition) is 3. The van der Waals surface area contributed by atoms with Crippen LogP contribution in [0.4, 0.5) is 0 Å². The molecule has 0 saturated carbocycles. The highest BCUT2D eigenvalue weighted by atomic mass is 16.3. The molecule has 0 bridgehead atoms. The van der Waals surface area contributed by atoms with E-state index in [0.717, 1.165) is 12.3 Å². The molecule has 3 heteroatoms. The van der Waals surface area contributed by atoms with Gasteiger partial charge in [0.25, 0.3) is 0 Å². The minimum atomic E-state index is 0.321. The number of likely N-dealkylation sites (tertiary alicyclic amines) is 1. The Morgan fingerprint density at radius 2 is 2.50 bits per heavy atom. The summed E-state index contributed by atoms with van der Waals surface area (Å²) >= 11 is 0. The molecule has 1 N–H and O–H groups in total. The third-order valence-electron chi connectivity index (χ3n) is 2.85. The van der Waals surface area contributed by atoms with Crippen LogP contribution in [0.1, 0.15) is 25.1 Å². The minimum Gasteiger partial charge on any atom is -0.468 e. The molecule has 1 aromatic rings. The lowest BCUT2D eigenvalue weighted by Gasteiger charge is -2.17. The molecule has 2 heterocycles. The zero-order valence-corrected chi connectivity index (χ0v) is 8.86. The van der Waals surface area contributed by atoms with Gasteiger partial charge in [-0.1, -0.05) is 0 Å². The summed E-state index contributed by atoms with van der Waals surface area (Å²) in [6, 6.07) is 4.89. The van der Waals surface area contributed by atoms with Crippen LogP contribution in [0.25, 0.3) is 0 Å².